The topological polar surface area (TPSA) is 68.0 Å². The van der Waals surface area contributed by atoms with Gasteiger partial charge in [-0.2, -0.15) is 0 Å². The Bertz CT molecular complexity index is 1200. The van der Waals surface area contributed by atoms with E-state index in [1.54, 1.807) is 31.2 Å². The summed E-state index contributed by atoms with van der Waals surface area (Å²) < 4.78 is 33.1. The van der Waals surface area contributed by atoms with Gasteiger partial charge in [-0.15, -0.1) is 11.3 Å². The van der Waals surface area contributed by atoms with Crippen LogP contribution in [0.3, 0.4) is 0 Å². The number of aromatic nitrogens is 2. The molecule has 0 radical (unpaired) electrons. The van der Waals surface area contributed by atoms with E-state index in [1.165, 1.54) is 11.4 Å². The number of amides is 1. The minimum Gasteiger partial charge on any atom is -0.360 e. The van der Waals surface area contributed by atoms with Crippen molar-refractivity contribution in [3.63, 3.8) is 0 Å². The predicted molar refractivity (Wildman–Crippen MR) is 107 cm³/mol. The van der Waals surface area contributed by atoms with Gasteiger partial charge in [0.1, 0.15) is 28.7 Å². The van der Waals surface area contributed by atoms with E-state index in [1.807, 2.05) is 0 Å². The molecule has 0 spiro atoms. The molecule has 1 N–H and O–H groups in total. The van der Waals surface area contributed by atoms with Gasteiger partial charge in [0, 0.05) is 10.9 Å². The Morgan fingerprint density at radius 2 is 1.86 bits per heavy atom. The maximum atomic E-state index is 14.0. The Morgan fingerprint density at radius 1 is 1.14 bits per heavy atom. The summed E-state index contributed by atoms with van der Waals surface area (Å²) >= 11 is 7.26. The van der Waals surface area contributed by atoms with Crippen LogP contribution in [0.15, 0.2) is 52.4 Å². The monoisotopic (exact) mass is 431 g/mol. The molecule has 4 aromatic rings. The molecule has 1 amide bonds. The second-order valence-electron chi connectivity index (χ2n) is 6.03. The molecule has 2 heterocycles. The molecular formula is C20H12ClF2N3O2S. The molecule has 146 valence electrons. The molecule has 0 aliphatic rings. The van der Waals surface area contributed by atoms with Gasteiger partial charge in [0.05, 0.1) is 16.3 Å². The van der Waals surface area contributed by atoms with Crippen molar-refractivity contribution in [2.24, 2.45) is 0 Å². The highest BCUT2D eigenvalue weighted by molar-refractivity contribution is 7.14. The first-order valence-corrected chi connectivity index (χ1v) is 9.64. The smallest absolute Gasteiger partial charge is 0.263 e. The minimum atomic E-state index is -0.732. The highest BCUT2D eigenvalue weighted by Gasteiger charge is 2.24. The molecule has 0 aliphatic heterocycles. The van der Waals surface area contributed by atoms with E-state index in [9.17, 15) is 13.6 Å². The van der Waals surface area contributed by atoms with Gasteiger partial charge in [-0.1, -0.05) is 41.0 Å². The maximum Gasteiger partial charge on any atom is 0.263 e. The minimum absolute atomic E-state index is 0.0919. The zero-order chi connectivity index (χ0) is 20.5. The van der Waals surface area contributed by atoms with Crippen LogP contribution in [0.5, 0.6) is 0 Å². The number of benzene rings is 2. The average Bonchev–Trinajstić information content (AvgIpc) is 3.29. The number of thiazole rings is 1. The van der Waals surface area contributed by atoms with Crippen LogP contribution < -0.4 is 5.32 Å². The third-order valence-electron chi connectivity index (χ3n) is 4.16. The van der Waals surface area contributed by atoms with E-state index in [0.717, 1.165) is 23.5 Å². The largest absolute Gasteiger partial charge is 0.360 e. The van der Waals surface area contributed by atoms with Crippen LogP contribution in [0.1, 0.15) is 16.1 Å². The molecule has 4 rings (SSSR count). The number of nitrogens with one attached hydrogen (secondary N) is 1. The summed E-state index contributed by atoms with van der Waals surface area (Å²) in [5, 5.41) is 8.64. The second kappa shape index (κ2) is 7.73. The quantitative estimate of drug-likeness (QED) is 0.433. The Hall–Kier alpha value is -3.10. The summed E-state index contributed by atoms with van der Waals surface area (Å²) in [6.45, 7) is 1.60. The lowest BCUT2D eigenvalue weighted by Gasteiger charge is -2.04. The van der Waals surface area contributed by atoms with Crippen LogP contribution in [-0.2, 0) is 0 Å². The number of anilines is 1. The summed E-state index contributed by atoms with van der Waals surface area (Å²) in [5.41, 5.74) is 0.885. The zero-order valence-corrected chi connectivity index (χ0v) is 16.4. The zero-order valence-electron chi connectivity index (χ0n) is 14.9. The predicted octanol–water partition coefficient (Wildman–Crippen LogP) is 5.96. The average molecular weight is 432 g/mol. The normalized spacial score (nSPS) is 10.9. The number of aryl methyl sites for hydroxylation is 1. The summed E-state index contributed by atoms with van der Waals surface area (Å²) in [6.07, 6.45) is 0. The number of rotatable bonds is 4. The first-order valence-electron chi connectivity index (χ1n) is 8.38. The van der Waals surface area contributed by atoms with Gasteiger partial charge in [0.2, 0.25) is 0 Å². The van der Waals surface area contributed by atoms with Crippen molar-refractivity contribution < 1.29 is 18.1 Å². The van der Waals surface area contributed by atoms with Crippen molar-refractivity contribution in [1.29, 1.82) is 0 Å². The summed E-state index contributed by atoms with van der Waals surface area (Å²) in [6, 6.07) is 10.5. The molecule has 2 aromatic heterocycles. The number of nitrogens with zero attached hydrogens (tertiary/aromatic N) is 2. The van der Waals surface area contributed by atoms with Gasteiger partial charge in [0.25, 0.3) is 5.91 Å². The van der Waals surface area contributed by atoms with Gasteiger partial charge in [0.15, 0.2) is 5.13 Å². The molecule has 0 aliphatic carbocycles. The summed E-state index contributed by atoms with van der Waals surface area (Å²) in [5.74, 6) is -1.68. The Labute approximate surface area is 173 Å². The van der Waals surface area contributed by atoms with Gasteiger partial charge in [-0.05, 0) is 25.1 Å². The Kier molecular flexibility index (Phi) is 5.12. The highest BCUT2D eigenvalue weighted by Crippen LogP contribution is 2.33. The van der Waals surface area contributed by atoms with Crippen molar-refractivity contribution in [2.45, 2.75) is 6.92 Å². The molecule has 0 saturated heterocycles. The van der Waals surface area contributed by atoms with Gasteiger partial charge in [-0.3, -0.25) is 10.1 Å². The van der Waals surface area contributed by atoms with Crippen LogP contribution in [0, 0.1) is 18.6 Å². The summed E-state index contributed by atoms with van der Waals surface area (Å²) in [4.78, 5) is 17.0. The van der Waals surface area contributed by atoms with E-state index in [0.29, 0.717) is 22.0 Å². The van der Waals surface area contributed by atoms with E-state index in [-0.39, 0.29) is 22.0 Å². The highest BCUT2D eigenvalue weighted by atomic mass is 35.5. The SMILES string of the molecule is Cc1onc(-c2ccccc2Cl)c1C(=O)Nc1nc(-c2c(F)cccc2F)cs1. The standard InChI is InChI=1S/C20H12ClF2N3O2S/c1-10-16(18(26-28-10)11-5-2-3-6-12(11)21)19(27)25-20-24-15(9-29-20)17-13(22)7-4-8-14(17)23/h2-9H,1H3,(H,24,25,27). The Morgan fingerprint density at radius 3 is 2.59 bits per heavy atom. The Balaban J connectivity index is 1.65. The van der Waals surface area contributed by atoms with Crippen LogP contribution in [0.25, 0.3) is 22.5 Å². The van der Waals surface area contributed by atoms with Crippen molar-refractivity contribution in [3.05, 3.63) is 75.8 Å². The number of hydrogen-bond donors (Lipinski definition) is 1. The first-order chi connectivity index (χ1) is 14.0. The van der Waals surface area contributed by atoms with E-state index < -0.39 is 17.5 Å². The first kappa shape index (κ1) is 19.2. The number of halogens is 3. The van der Waals surface area contributed by atoms with E-state index >= 15 is 0 Å². The lowest BCUT2D eigenvalue weighted by Crippen LogP contribution is -2.13. The fourth-order valence-electron chi connectivity index (χ4n) is 2.82. The number of hydrogen-bond acceptors (Lipinski definition) is 5. The van der Waals surface area contributed by atoms with Crippen LogP contribution >= 0.6 is 22.9 Å². The van der Waals surface area contributed by atoms with Crippen LogP contribution in [-0.4, -0.2) is 16.0 Å². The summed E-state index contributed by atoms with van der Waals surface area (Å²) in [7, 11) is 0. The molecule has 29 heavy (non-hydrogen) atoms. The lowest BCUT2D eigenvalue weighted by atomic mass is 10.1. The van der Waals surface area contributed by atoms with Crippen molar-refractivity contribution >= 4 is 34.0 Å². The van der Waals surface area contributed by atoms with E-state index in [4.69, 9.17) is 16.1 Å². The molecular weight excluding hydrogens is 420 g/mol. The van der Waals surface area contributed by atoms with Crippen molar-refractivity contribution in [1.82, 2.24) is 10.1 Å². The molecule has 0 unspecified atom stereocenters. The fourth-order valence-corrected chi connectivity index (χ4v) is 3.75. The third kappa shape index (κ3) is 3.64. The number of carbonyl (C=O) groups is 1. The number of carbonyl (C=O) groups excluding carboxylic acids is 1. The fraction of sp³-hybridized carbons (Fsp3) is 0.0500. The molecule has 0 bridgehead atoms. The van der Waals surface area contributed by atoms with Gasteiger partial charge >= 0.3 is 0 Å². The third-order valence-corrected chi connectivity index (χ3v) is 5.25. The molecule has 0 saturated carbocycles. The second-order valence-corrected chi connectivity index (χ2v) is 7.30. The van der Waals surface area contributed by atoms with Crippen molar-refractivity contribution in [3.8, 4) is 22.5 Å². The molecule has 0 fully saturated rings. The molecule has 2 aromatic carbocycles. The van der Waals surface area contributed by atoms with Crippen LogP contribution in [0.2, 0.25) is 5.02 Å². The van der Waals surface area contributed by atoms with Gasteiger partial charge in [-0.25, -0.2) is 13.8 Å². The lowest BCUT2D eigenvalue weighted by molar-refractivity contribution is 0.102. The molecule has 0 atom stereocenters. The molecule has 5 nitrogen and oxygen atoms in total. The maximum absolute atomic E-state index is 14.0. The van der Waals surface area contributed by atoms with Crippen molar-refractivity contribution in [2.75, 3.05) is 5.32 Å². The van der Waals surface area contributed by atoms with E-state index in [2.05, 4.69) is 15.5 Å². The molecule has 9 heteroatoms. The van der Waals surface area contributed by atoms with Crippen LogP contribution in [0.4, 0.5) is 13.9 Å². The van der Waals surface area contributed by atoms with Gasteiger partial charge < -0.3 is 4.52 Å².